The first-order chi connectivity index (χ1) is 8.10. The van der Waals surface area contributed by atoms with Crippen LogP contribution in [-0.4, -0.2) is 34.0 Å². The third-order valence-electron chi connectivity index (χ3n) is 1.92. The Kier molecular flexibility index (Phi) is 4.21. The predicted octanol–water partition coefficient (Wildman–Crippen LogP) is 1.57. The second-order valence-electron chi connectivity index (χ2n) is 3.11. The molecule has 0 bridgehead atoms. The van der Waals surface area contributed by atoms with E-state index in [0.717, 1.165) is 0 Å². The molecule has 0 spiro atoms. The lowest BCUT2D eigenvalue weighted by atomic mass is 10.2. The van der Waals surface area contributed by atoms with Gasteiger partial charge in [0.25, 0.3) is 0 Å². The number of hydrogen-bond donors (Lipinski definition) is 1. The summed E-state index contributed by atoms with van der Waals surface area (Å²) in [5.74, 6) is -1.46. The first-order valence-electron chi connectivity index (χ1n) is 4.82. The number of carboxylic acids is 1. The molecule has 1 N–H and O–H groups in total. The molecule has 0 aliphatic rings. The van der Waals surface area contributed by atoms with Crippen LogP contribution >= 0.6 is 0 Å². The highest BCUT2D eigenvalue weighted by Gasteiger charge is 2.12. The minimum atomic E-state index is -1.19. The zero-order chi connectivity index (χ0) is 12.8. The van der Waals surface area contributed by atoms with Crippen LogP contribution in [-0.2, 0) is 0 Å². The number of hydrogen-bond acceptors (Lipinski definition) is 5. The second kappa shape index (κ2) is 5.64. The summed E-state index contributed by atoms with van der Waals surface area (Å²) in [6.45, 7) is 6.92. The summed E-state index contributed by atoms with van der Waals surface area (Å²) in [6, 6.07) is 0. The Hall–Kier alpha value is -2.37. The summed E-state index contributed by atoms with van der Waals surface area (Å²) in [7, 11) is 0. The molecule has 0 saturated carbocycles. The maximum atomic E-state index is 10.8. The van der Waals surface area contributed by atoms with Gasteiger partial charge in [0.1, 0.15) is 5.70 Å². The van der Waals surface area contributed by atoms with E-state index < -0.39 is 5.97 Å². The van der Waals surface area contributed by atoms with Crippen molar-refractivity contribution in [2.24, 2.45) is 9.98 Å². The molecule has 0 aliphatic heterocycles. The molecule has 1 rings (SSSR count). The normalized spacial score (nSPS) is 11.8. The van der Waals surface area contributed by atoms with Crippen molar-refractivity contribution < 1.29 is 9.90 Å². The van der Waals surface area contributed by atoms with Crippen LogP contribution in [0, 0.1) is 6.92 Å². The minimum absolute atomic E-state index is 0.277. The van der Waals surface area contributed by atoms with E-state index in [1.165, 1.54) is 12.4 Å². The predicted molar refractivity (Wildman–Crippen MR) is 65.4 cm³/mol. The molecule has 0 atom stereocenters. The third-order valence-corrected chi connectivity index (χ3v) is 1.92. The molecule has 0 saturated heterocycles. The Morgan fingerprint density at radius 1 is 1.59 bits per heavy atom. The fraction of sp³-hybridized carbons (Fsp3) is 0.182. The van der Waals surface area contributed by atoms with Gasteiger partial charge in [-0.05, 0) is 26.1 Å². The van der Waals surface area contributed by atoms with E-state index in [0.29, 0.717) is 17.0 Å². The first kappa shape index (κ1) is 12.7. The zero-order valence-electron chi connectivity index (χ0n) is 9.58. The molecule has 17 heavy (non-hydrogen) atoms. The monoisotopic (exact) mass is 232 g/mol. The van der Waals surface area contributed by atoms with E-state index in [4.69, 9.17) is 5.11 Å². The largest absolute Gasteiger partial charge is 0.475 e. The highest BCUT2D eigenvalue weighted by Crippen LogP contribution is 2.16. The van der Waals surface area contributed by atoms with Gasteiger partial charge < -0.3 is 5.11 Å². The van der Waals surface area contributed by atoms with Crippen LogP contribution in [0.3, 0.4) is 0 Å². The molecule has 1 aromatic rings. The summed E-state index contributed by atoms with van der Waals surface area (Å²) < 4.78 is 0. The number of carboxylic acid groups (broad SMARTS) is 1. The Labute approximate surface area is 98.5 Å². The second-order valence-corrected chi connectivity index (χ2v) is 3.11. The lowest BCUT2D eigenvalue weighted by molar-refractivity contribution is 0.0683. The fourth-order valence-electron chi connectivity index (χ4n) is 1.13. The highest BCUT2D eigenvalue weighted by molar-refractivity contribution is 5.84. The number of aliphatic imine (C=N–C) groups is 2. The SMILES string of the molecule is C=N/C(=C\N=CC)c1nc(C(=O)O)ncc1C. The molecule has 0 aromatic carbocycles. The van der Waals surface area contributed by atoms with Crippen LogP contribution in [0.2, 0.25) is 0 Å². The molecular weight excluding hydrogens is 220 g/mol. The van der Waals surface area contributed by atoms with Crippen molar-refractivity contribution in [1.82, 2.24) is 9.97 Å². The summed E-state index contributed by atoms with van der Waals surface area (Å²) in [5, 5.41) is 8.81. The van der Waals surface area contributed by atoms with E-state index >= 15 is 0 Å². The van der Waals surface area contributed by atoms with E-state index in [9.17, 15) is 4.79 Å². The molecule has 88 valence electrons. The van der Waals surface area contributed by atoms with Crippen molar-refractivity contribution in [3.63, 3.8) is 0 Å². The van der Waals surface area contributed by atoms with Gasteiger partial charge in [0, 0.05) is 12.4 Å². The number of aromatic carboxylic acids is 1. The Bertz CT molecular complexity index is 506. The van der Waals surface area contributed by atoms with Crippen LogP contribution in [0.5, 0.6) is 0 Å². The molecule has 1 aromatic heterocycles. The quantitative estimate of drug-likeness (QED) is 0.798. The topological polar surface area (TPSA) is 87.8 Å². The third kappa shape index (κ3) is 3.04. The lowest BCUT2D eigenvalue weighted by Crippen LogP contribution is -2.07. The molecule has 0 aliphatic carbocycles. The number of aromatic nitrogens is 2. The van der Waals surface area contributed by atoms with Gasteiger partial charge >= 0.3 is 5.97 Å². The molecule has 0 amide bonds. The van der Waals surface area contributed by atoms with Crippen LogP contribution in [0.1, 0.15) is 28.8 Å². The van der Waals surface area contributed by atoms with Crippen LogP contribution < -0.4 is 0 Å². The van der Waals surface area contributed by atoms with Crippen molar-refractivity contribution >= 4 is 24.6 Å². The van der Waals surface area contributed by atoms with Crippen LogP contribution in [0.4, 0.5) is 0 Å². The maximum absolute atomic E-state index is 10.8. The number of nitrogens with zero attached hydrogens (tertiary/aromatic N) is 4. The van der Waals surface area contributed by atoms with Crippen molar-refractivity contribution in [2.45, 2.75) is 13.8 Å². The summed E-state index contributed by atoms with van der Waals surface area (Å²) in [4.78, 5) is 26.1. The Morgan fingerprint density at radius 3 is 2.82 bits per heavy atom. The molecule has 6 heteroatoms. The molecule has 6 nitrogen and oxygen atoms in total. The van der Waals surface area contributed by atoms with Crippen LogP contribution in [0.25, 0.3) is 5.70 Å². The van der Waals surface area contributed by atoms with Gasteiger partial charge in [-0.15, -0.1) is 0 Å². The molecule has 0 unspecified atom stereocenters. The van der Waals surface area contributed by atoms with E-state index in [1.54, 1.807) is 20.1 Å². The summed E-state index contributed by atoms with van der Waals surface area (Å²) in [5.41, 5.74) is 1.53. The van der Waals surface area contributed by atoms with Gasteiger partial charge in [-0.25, -0.2) is 14.8 Å². The first-order valence-corrected chi connectivity index (χ1v) is 4.82. The Morgan fingerprint density at radius 2 is 2.29 bits per heavy atom. The summed E-state index contributed by atoms with van der Waals surface area (Å²) in [6.07, 6.45) is 4.48. The molecular formula is C11H12N4O2. The van der Waals surface area contributed by atoms with Gasteiger partial charge in [-0.1, -0.05) is 0 Å². The molecule has 0 fully saturated rings. The van der Waals surface area contributed by atoms with Gasteiger partial charge in [0.15, 0.2) is 0 Å². The van der Waals surface area contributed by atoms with Crippen molar-refractivity contribution in [3.8, 4) is 0 Å². The minimum Gasteiger partial charge on any atom is -0.475 e. The average Bonchev–Trinajstić information content (AvgIpc) is 2.31. The smallest absolute Gasteiger partial charge is 0.373 e. The van der Waals surface area contributed by atoms with Crippen molar-refractivity contribution in [3.05, 3.63) is 29.5 Å². The van der Waals surface area contributed by atoms with Crippen molar-refractivity contribution in [1.29, 1.82) is 0 Å². The van der Waals surface area contributed by atoms with Gasteiger partial charge in [0.05, 0.1) is 11.9 Å². The number of rotatable bonds is 4. The summed E-state index contributed by atoms with van der Waals surface area (Å²) >= 11 is 0. The Balaban J connectivity index is 3.32. The molecule has 1 heterocycles. The van der Waals surface area contributed by atoms with Crippen LogP contribution in [0.15, 0.2) is 22.4 Å². The zero-order valence-corrected chi connectivity index (χ0v) is 9.58. The van der Waals surface area contributed by atoms with E-state index in [-0.39, 0.29) is 5.82 Å². The van der Waals surface area contributed by atoms with Gasteiger partial charge in [-0.2, -0.15) is 0 Å². The van der Waals surface area contributed by atoms with Gasteiger partial charge in [0.2, 0.25) is 5.82 Å². The molecule has 0 radical (unpaired) electrons. The maximum Gasteiger partial charge on any atom is 0.373 e. The van der Waals surface area contributed by atoms with E-state index in [2.05, 4.69) is 26.7 Å². The van der Waals surface area contributed by atoms with E-state index in [1.807, 2.05) is 0 Å². The number of carbonyl (C=O) groups is 1. The highest BCUT2D eigenvalue weighted by atomic mass is 16.4. The lowest BCUT2D eigenvalue weighted by Gasteiger charge is -2.04. The average molecular weight is 232 g/mol. The number of aryl methyl sites for hydroxylation is 1. The fourth-order valence-corrected chi connectivity index (χ4v) is 1.13. The van der Waals surface area contributed by atoms with Crippen molar-refractivity contribution in [2.75, 3.05) is 0 Å². The standard InChI is InChI=1S/C11H12N4O2/c1-4-13-6-8(12-3)9-7(2)5-14-10(15-9)11(16)17/h4-6H,3H2,1-2H3,(H,16,17)/b8-6-,13-4?. The van der Waals surface area contributed by atoms with Gasteiger partial charge in [-0.3, -0.25) is 9.98 Å².